The lowest BCUT2D eigenvalue weighted by atomic mass is 10.1. The minimum atomic E-state index is -0.139. The van der Waals surface area contributed by atoms with E-state index in [0.29, 0.717) is 13.2 Å². The van der Waals surface area contributed by atoms with Crippen molar-refractivity contribution in [2.45, 2.75) is 13.0 Å². The van der Waals surface area contributed by atoms with E-state index in [0.717, 1.165) is 17.1 Å². The summed E-state index contributed by atoms with van der Waals surface area (Å²) in [6.45, 7) is 3.11. The summed E-state index contributed by atoms with van der Waals surface area (Å²) in [5.41, 5.74) is 0.976. The molecule has 1 heterocycles. The second-order valence-corrected chi connectivity index (χ2v) is 4.13. The molecule has 18 heavy (non-hydrogen) atoms. The Bertz CT molecular complexity index is 433. The number of hydrogen-bond acceptors (Lipinski definition) is 4. The molecule has 0 saturated heterocycles. The van der Waals surface area contributed by atoms with Gasteiger partial charge in [0.15, 0.2) is 11.5 Å². The predicted octanol–water partition coefficient (Wildman–Crippen LogP) is 1.28. The maximum atomic E-state index is 11.4. The topological polar surface area (TPSA) is 56.8 Å². The molecule has 98 valence electrons. The fraction of sp³-hybridized carbons (Fsp3) is 0.462. The molecule has 0 unspecified atom stereocenters. The van der Waals surface area contributed by atoms with Crippen LogP contribution < -0.4 is 14.8 Å². The lowest BCUT2D eigenvalue weighted by Crippen LogP contribution is -2.29. The summed E-state index contributed by atoms with van der Waals surface area (Å²) in [5.74, 6) is 1.34. The molecule has 1 amide bonds. The lowest BCUT2D eigenvalue weighted by molar-refractivity contribution is -0.125. The summed E-state index contributed by atoms with van der Waals surface area (Å²) in [6, 6.07) is 5.59. The van der Waals surface area contributed by atoms with Gasteiger partial charge in [0.1, 0.15) is 19.8 Å². The number of amides is 1. The van der Waals surface area contributed by atoms with Crippen molar-refractivity contribution in [3.63, 3.8) is 0 Å². The third-order valence-corrected chi connectivity index (χ3v) is 2.72. The smallest absolute Gasteiger partial charge is 0.246 e. The Kier molecular flexibility index (Phi) is 4.04. The SMILES string of the molecule is COCC(=O)N[C@@H](C)c1ccc2c(c1)OCCO2. The van der Waals surface area contributed by atoms with E-state index in [2.05, 4.69) is 5.32 Å². The summed E-state index contributed by atoms with van der Waals surface area (Å²) < 4.78 is 15.7. The van der Waals surface area contributed by atoms with Crippen LogP contribution in [0.1, 0.15) is 18.5 Å². The van der Waals surface area contributed by atoms with E-state index in [1.54, 1.807) is 0 Å². The Labute approximate surface area is 106 Å². The second kappa shape index (κ2) is 5.73. The van der Waals surface area contributed by atoms with Crippen LogP contribution in [0.5, 0.6) is 11.5 Å². The lowest BCUT2D eigenvalue weighted by Gasteiger charge is -2.21. The van der Waals surface area contributed by atoms with Crippen molar-refractivity contribution in [3.8, 4) is 11.5 Å². The highest BCUT2D eigenvalue weighted by molar-refractivity contribution is 5.77. The summed E-state index contributed by atoms with van der Waals surface area (Å²) in [4.78, 5) is 11.4. The van der Waals surface area contributed by atoms with Crippen LogP contribution in [-0.2, 0) is 9.53 Å². The number of benzene rings is 1. The second-order valence-electron chi connectivity index (χ2n) is 4.13. The van der Waals surface area contributed by atoms with Crippen molar-refractivity contribution in [3.05, 3.63) is 23.8 Å². The molecule has 1 aliphatic heterocycles. The normalized spacial score (nSPS) is 15.0. The van der Waals surface area contributed by atoms with E-state index in [4.69, 9.17) is 14.2 Å². The molecule has 2 rings (SSSR count). The van der Waals surface area contributed by atoms with Crippen LogP contribution in [0.4, 0.5) is 0 Å². The molecule has 0 spiro atoms. The van der Waals surface area contributed by atoms with Crippen LogP contribution in [-0.4, -0.2) is 32.8 Å². The highest BCUT2D eigenvalue weighted by Crippen LogP contribution is 2.32. The van der Waals surface area contributed by atoms with Gasteiger partial charge in [0.25, 0.3) is 0 Å². The largest absolute Gasteiger partial charge is 0.486 e. The number of fused-ring (bicyclic) bond motifs is 1. The zero-order chi connectivity index (χ0) is 13.0. The molecule has 5 nitrogen and oxygen atoms in total. The molecular formula is C13H17NO4. The van der Waals surface area contributed by atoms with Crippen molar-refractivity contribution < 1.29 is 19.0 Å². The Balaban J connectivity index is 2.06. The molecule has 1 atom stereocenters. The zero-order valence-electron chi connectivity index (χ0n) is 10.6. The summed E-state index contributed by atoms with van der Waals surface area (Å²) >= 11 is 0. The Morgan fingerprint density at radius 3 is 2.83 bits per heavy atom. The van der Waals surface area contributed by atoms with E-state index in [1.807, 2.05) is 25.1 Å². The quantitative estimate of drug-likeness (QED) is 0.875. The number of hydrogen-bond donors (Lipinski definition) is 1. The van der Waals surface area contributed by atoms with E-state index in [-0.39, 0.29) is 18.6 Å². The maximum absolute atomic E-state index is 11.4. The first-order valence-corrected chi connectivity index (χ1v) is 5.88. The first-order valence-electron chi connectivity index (χ1n) is 5.88. The fourth-order valence-electron chi connectivity index (χ4n) is 1.83. The van der Waals surface area contributed by atoms with Crippen molar-refractivity contribution in [2.24, 2.45) is 0 Å². The van der Waals surface area contributed by atoms with Gasteiger partial charge < -0.3 is 19.5 Å². The van der Waals surface area contributed by atoms with Gasteiger partial charge in [-0.15, -0.1) is 0 Å². The first-order chi connectivity index (χ1) is 8.70. The standard InChI is InChI=1S/C13H17NO4/c1-9(14-13(15)8-16-2)10-3-4-11-12(7-10)18-6-5-17-11/h3-4,7,9H,5-6,8H2,1-2H3,(H,14,15)/t9-/m0/s1. The fourth-order valence-corrected chi connectivity index (χ4v) is 1.83. The number of carbonyl (C=O) groups excluding carboxylic acids is 1. The molecule has 5 heteroatoms. The number of nitrogens with one attached hydrogen (secondary N) is 1. The monoisotopic (exact) mass is 251 g/mol. The van der Waals surface area contributed by atoms with Gasteiger partial charge in [0.05, 0.1) is 6.04 Å². The summed E-state index contributed by atoms with van der Waals surface area (Å²) in [6.07, 6.45) is 0. The summed E-state index contributed by atoms with van der Waals surface area (Å²) in [5, 5.41) is 2.84. The number of carbonyl (C=O) groups is 1. The average Bonchev–Trinajstić information content (AvgIpc) is 2.38. The zero-order valence-corrected chi connectivity index (χ0v) is 10.6. The van der Waals surface area contributed by atoms with Gasteiger partial charge in [-0.1, -0.05) is 6.07 Å². The van der Waals surface area contributed by atoms with Gasteiger partial charge in [0.2, 0.25) is 5.91 Å². The Hall–Kier alpha value is -1.75. The van der Waals surface area contributed by atoms with Crippen molar-refractivity contribution in [1.82, 2.24) is 5.32 Å². The van der Waals surface area contributed by atoms with Gasteiger partial charge in [-0.25, -0.2) is 0 Å². The Morgan fingerprint density at radius 1 is 1.39 bits per heavy atom. The molecule has 1 N–H and O–H groups in total. The van der Waals surface area contributed by atoms with E-state index >= 15 is 0 Å². The molecule has 0 aliphatic carbocycles. The molecule has 0 bridgehead atoms. The number of rotatable bonds is 4. The average molecular weight is 251 g/mol. The molecule has 1 aliphatic rings. The predicted molar refractivity (Wildman–Crippen MR) is 65.9 cm³/mol. The summed E-state index contributed by atoms with van der Waals surface area (Å²) in [7, 11) is 1.49. The van der Waals surface area contributed by atoms with Crippen LogP contribution in [0.3, 0.4) is 0 Å². The first kappa shape index (κ1) is 12.7. The molecule has 1 aromatic rings. The van der Waals surface area contributed by atoms with Gasteiger partial charge >= 0.3 is 0 Å². The number of ether oxygens (including phenoxy) is 3. The molecule has 0 aromatic heterocycles. The van der Waals surface area contributed by atoms with E-state index < -0.39 is 0 Å². The van der Waals surface area contributed by atoms with Crippen molar-refractivity contribution >= 4 is 5.91 Å². The maximum Gasteiger partial charge on any atom is 0.246 e. The van der Waals surface area contributed by atoms with Gasteiger partial charge in [0, 0.05) is 7.11 Å². The number of methoxy groups -OCH3 is 1. The van der Waals surface area contributed by atoms with E-state index in [9.17, 15) is 4.79 Å². The third kappa shape index (κ3) is 2.92. The highest BCUT2D eigenvalue weighted by atomic mass is 16.6. The molecule has 1 aromatic carbocycles. The van der Waals surface area contributed by atoms with Gasteiger partial charge in [-0.3, -0.25) is 4.79 Å². The molecule has 0 fully saturated rings. The molecule has 0 radical (unpaired) electrons. The van der Waals surface area contributed by atoms with Crippen molar-refractivity contribution in [1.29, 1.82) is 0 Å². The molecule has 0 saturated carbocycles. The van der Waals surface area contributed by atoms with E-state index in [1.165, 1.54) is 7.11 Å². The third-order valence-electron chi connectivity index (χ3n) is 2.72. The van der Waals surface area contributed by atoms with Crippen LogP contribution in [0.15, 0.2) is 18.2 Å². The minimum absolute atomic E-state index is 0.0644. The Morgan fingerprint density at radius 2 is 2.11 bits per heavy atom. The van der Waals surface area contributed by atoms with Gasteiger partial charge in [-0.2, -0.15) is 0 Å². The van der Waals surface area contributed by atoms with Crippen molar-refractivity contribution in [2.75, 3.05) is 26.9 Å². The highest BCUT2D eigenvalue weighted by Gasteiger charge is 2.15. The van der Waals surface area contributed by atoms with Crippen LogP contribution in [0, 0.1) is 0 Å². The van der Waals surface area contributed by atoms with Crippen LogP contribution in [0.25, 0.3) is 0 Å². The van der Waals surface area contributed by atoms with Crippen LogP contribution >= 0.6 is 0 Å². The van der Waals surface area contributed by atoms with Gasteiger partial charge in [-0.05, 0) is 24.6 Å². The van der Waals surface area contributed by atoms with Crippen LogP contribution in [0.2, 0.25) is 0 Å². The minimum Gasteiger partial charge on any atom is -0.486 e. The molecular weight excluding hydrogens is 234 g/mol.